The molecule has 0 saturated carbocycles. The molecule has 0 aliphatic carbocycles. The van der Waals surface area contributed by atoms with E-state index in [9.17, 15) is 14.7 Å². The van der Waals surface area contributed by atoms with Crippen LogP contribution in [0.3, 0.4) is 0 Å². The Hall–Kier alpha value is -5.32. The molecule has 0 atom stereocenters. The van der Waals surface area contributed by atoms with Crippen LogP contribution in [0.15, 0.2) is 78.9 Å². The molecule has 6 rings (SSSR count). The second-order valence-electron chi connectivity index (χ2n) is 9.93. The molecule has 2 aromatic heterocycles. The fraction of sp³-hybridized carbons (Fsp3) is 0.143. The van der Waals surface area contributed by atoms with E-state index in [-0.39, 0.29) is 18.1 Å². The summed E-state index contributed by atoms with van der Waals surface area (Å²) in [6.45, 7) is 0. The molecule has 0 fully saturated rings. The number of esters is 1. The molecule has 0 bridgehead atoms. The number of carboxylic acid groups (broad SMARTS) is 1. The summed E-state index contributed by atoms with van der Waals surface area (Å²) in [5.41, 5.74) is 5.00. The van der Waals surface area contributed by atoms with Crippen LogP contribution >= 0.6 is 24.0 Å². The van der Waals surface area contributed by atoms with Crippen LogP contribution in [0.4, 0.5) is 0 Å². The van der Waals surface area contributed by atoms with Crippen molar-refractivity contribution in [1.82, 2.24) is 9.97 Å². The summed E-state index contributed by atoms with van der Waals surface area (Å²) in [5.74, 6) is 0.805. The second kappa shape index (κ2) is 14.8. The number of fused-ring (bicyclic) bond motifs is 2. The van der Waals surface area contributed by atoms with Crippen LogP contribution in [0.2, 0.25) is 5.02 Å². The van der Waals surface area contributed by atoms with E-state index < -0.39 is 11.9 Å². The molecule has 0 saturated heterocycles. The summed E-state index contributed by atoms with van der Waals surface area (Å²) in [6, 6.07) is 23.8. The number of carbonyl (C=O) groups excluding carboxylic acids is 1. The lowest BCUT2D eigenvalue weighted by Crippen LogP contribution is -2.03. The van der Waals surface area contributed by atoms with Crippen LogP contribution < -0.4 is 18.9 Å². The second-order valence-corrected chi connectivity index (χ2v) is 10.4. The smallest absolute Gasteiger partial charge is 0.355 e. The molecule has 12 heteroatoms. The van der Waals surface area contributed by atoms with E-state index in [4.69, 9.17) is 35.3 Å². The van der Waals surface area contributed by atoms with E-state index in [1.165, 1.54) is 7.11 Å². The van der Waals surface area contributed by atoms with E-state index >= 15 is 0 Å². The molecule has 10 nitrogen and oxygen atoms in total. The molecule has 2 heterocycles. The van der Waals surface area contributed by atoms with Gasteiger partial charge in [0.15, 0.2) is 23.0 Å². The van der Waals surface area contributed by atoms with E-state index in [1.807, 2.05) is 48.5 Å². The number of carbonyl (C=O) groups is 2. The number of methoxy groups -OCH3 is 5. The van der Waals surface area contributed by atoms with Crippen LogP contribution in [0, 0.1) is 0 Å². The zero-order chi connectivity index (χ0) is 33.0. The largest absolute Gasteiger partial charge is 0.493 e. The molecule has 0 unspecified atom stereocenters. The van der Waals surface area contributed by atoms with Crippen molar-refractivity contribution < 1.29 is 38.4 Å². The average Bonchev–Trinajstić information content (AvgIpc) is 3.65. The first kappa shape index (κ1) is 34.6. The number of aromatic amines is 2. The monoisotopic (exact) mass is 678 g/mol. The first-order valence-corrected chi connectivity index (χ1v) is 14.3. The molecular weight excluding hydrogens is 647 g/mol. The minimum Gasteiger partial charge on any atom is -0.493 e. The van der Waals surface area contributed by atoms with Crippen molar-refractivity contribution in [2.24, 2.45) is 0 Å². The lowest BCUT2D eigenvalue weighted by atomic mass is 10.0. The number of aromatic nitrogens is 2. The Morgan fingerprint density at radius 1 is 0.617 bits per heavy atom. The van der Waals surface area contributed by atoms with Gasteiger partial charge in [0.05, 0.1) is 46.6 Å². The van der Waals surface area contributed by atoms with Gasteiger partial charge in [0.2, 0.25) is 0 Å². The number of nitrogens with one attached hydrogen (secondary N) is 2. The van der Waals surface area contributed by atoms with Crippen molar-refractivity contribution in [3.8, 4) is 45.3 Å². The third-order valence-corrected chi connectivity index (χ3v) is 7.66. The average molecular weight is 680 g/mol. The summed E-state index contributed by atoms with van der Waals surface area (Å²) in [5, 5.41) is 11.7. The Morgan fingerprint density at radius 2 is 1.04 bits per heavy atom. The minimum absolute atomic E-state index is 0. The predicted octanol–water partition coefficient (Wildman–Crippen LogP) is 8.26. The first-order valence-electron chi connectivity index (χ1n) is 13.9. The van der Waals surface area contributed by atoms with Gasteiger partial charge in [-0.2, -0.15) is 0 Å². The molecule has 4 aromatic carbocycles. The maximum Gasteiger partial charge on any atom is 0.355 e. The maximum absolute atomic E-state index is 12.2. The number of ether oxygens (including phenoxy) is 5. The van der Waals surface area contributed by atoms with Crippen molar-refractivity contribution >= 4 is 57.8 Å². The number of aromatic carboxylic acids is 1. The first-order chi connectivity index (χ1) is 22.2. The fourth-order valence-corrected chi connectivity index (χ4v) is 5.40. The summed E-state index contributed by atoms with van der Waals surface area (Å²) < 4.78 is 26.2. The molecule has 47 heavy (non-hydrogen) atoms. The van der Waals surface area contributed by atoms with Gasteiger partial charge < -0.3 is 38.8 Å². The van der Waals surface area contributed by atoms with Gasteiger partial charge in [-0.3, -0.25) is 0 Å². The van der Waals surface area contributed by atoms with Crippen LogP contribution in [-0.2, 0) is 4.74 Å². The van der Waals surface area contributed by atoms with E-state index in [1.54, 1.807) is 58.8 Å². The molecule has 0 aliphatic heterocycles. The molecule has 0 amide bonds. The zero-order valence-corrected chi connectivity index (χ0v) is 27.7. The van der Waals surface area contributed by atoms with Gasteiger partial charge in [0, 0.05) is 39.1 Å². The van der Waals surface area contributed by atoms with Gasteiger partial charge in [0.1, 0.15) is 11.4 Å². The molecular formula is C35H32Cl2N2O8. The van der Waals surface area contributed by atoms with Crippen molar-refractivity contribution in [2.45, 2.75) is 0 Å². The minimum atomic E-state index is -1.01. The van der Waals surface area contributed by atoms with Gasteiger partial charge in [0.25, 0.3) is 0 Å². The Labute approximate surface area is 281 Å². The number of carboxylic acids is 1. The molecule has 6 aromatic rings. The molecule has 0 spiro atoms. The number of benzene rings is 4. The van der Waals surface area contributed by atoms with Crippen molar-refractivity contribution in [2.75, 3.05) is 35.5 Å². The lowest BCUT2D eigenvalue weighted by molar-refractivity contribution is 0.0595. The Morgan fingerprint density at radius 3 is 1.49 bits per heavy atom. The highest BCUT2D eigenvalue weighted by Crippen LogP contribution is 2.40. The fourth-order valence-electron chi connectivity index (χ4n) is 5.28. The van der Waals surface area contributed by atoms with E-state index in [0.717, 1.165) is 33.0 Å². The number of hydrogen-bond donors (Lipinski definition) is 3. The highest BCUT2D eigenvalue weighted by Gasteiger charge is 2.22. The van der Waals surface area contributed by atoms with Gasteiger partial charge in [-0.15, -0.1) is 12.4 Å². The van der Waals surface area contributed by atoms with Gasteiger partial charge in [-0.1, -0.05) is 54.1 Å². The van der Waals surface area contributed by atoms with Gasteiger partial charge in [-0.25, -0.2) is 9.59 Å². The third-order valence-electron chi connectivity index (χ3n) is 7.40. The molecule has 0 aliphatic rings. The summed E-state index contributed by atoms with van der Waals surface area (Å²) in [4.78, 5) is 29.9. The number of rotatable bonds is 8. The predicted molar refractivity (Wildman–Crippen MR) is 184 cm³/mol. The van der Waals surface area contributed by atoms with Crippen molar-refractivity contribution in [3.63, 3.8) is 0 Å². The Bertz CT molecular complexity index is 2040. The lowest BCUT2D eigenvalue weighted by Gasteiger charge is -2.08. The van der Waals surface area contributed by atoms with Crippen LogP contribution in [0.25, 0.3) is 44.1 Å². The normalized spacial score (nSPS) is 10.4. The van der Waals surface area contributed by atoms with E-state index in [0.29, 0.717) is 44.8 Å². The van der Waals surface area contributed by atoms with Gasteiger partial charge >= 0.3 is 11.9 Å². The van der Waals surface area contributed by atoms with Crippen LogP contribution in [0.1, 0.15) is 21.0 Å². The highest BCUT2D eigenvalue weighted by molar-refractivity contribution is 6.30. The topological polar surface area (TPSA) is 132 Å². The summed E-state index contributed by atoms with van der Waals surface area (Å²) >= 11 is 5.97. The number of H-pyrrole nitrogens is 2. The summed E-state index contributed by atoms with van der Waals surface area (Å²) in [6.07, 6.45) is 0. The molecule has 3 N–H and O–H groups in total. The molecule has 0 radical (unpaired) electrons. The Balaban J connectivity index is 0.000000209. The number of hydrogen-bond acceptors (Lipinski definition) is 7. The third kappa shape index (κ3) is 6.79. The number of halogens is 2. The van der Waals surface area contributed by atoms with Crippen molar-refractivity contribution in [1.29, 1.82) is 0 Å². The standard InChI is InChI=1S/C18H16ClNO4.C17H15NO4.ClH/c1-22-14-8-12-13(9-15(14)23-2)20-17(18(21)24-3)16(12)10-4-6-11(19)7-5-10;1-21-13-8-11-12(9-14(13)22-2)18-16(17(19)20)15(11)10-6-4-3-5-7-10;/h4-9,20H,1-3H3;3-9,18H,1-2H3,(H,19,20);1H. The Kier molecular flexibility index (Phi) is 10.9. The van der Waals surface area contributed by atoms with Gasteiger partial charge in [-0.05, 0) is 35.4 Å². The van der Waals surface area contributed by atoms with E-state index in [2.05, 4.69) is 9.97 Å². The molecule has 244 valence electrons. The summed E-state index contributed by atoms with van der Waals surface area (Å²) in [7, 11) is 7.58. The maximum atomic E-state index is 12.2. The SMILES string of the molecule is COC(=O)c1[nH]c2cc(OC)c(OC)cc2c1-c1ccc(Cl)cc1.COc1cc2[nH]c(C(=O)O)c(-c3ccccc3)c2cc1OC.Cl. The quantitative estimate of drug-likeness (QED) is 0.137. The zero-order valence-electron chi connectivity index (χ0n) is 26.1. The van der Waals surface area contributed by atoms with Crippen LogP contribution in [0.5, 0.6) is 23.0 Å². The van der Waals surface area contributed by atoms with Crippen molar-refractivity contribution in [3.05, 3.63) is 95.3 Å². The van der Waals surface area contributed by atoms with Crippen LogP contribution in [-0.4, -0.2) is 62.6 Å². The highest BCUT2D eigenvalue weighted by atomic mass is 35.5.